The van der Waals surface area contributed by atoms with E-state index in [0.29, 0.717) is 19.0 Å². The van der Waals surface area contributed by atoms with Crippen molar-refractivity contribution in [2.24, 2.45) is 5.92 Å². The summed E-state index contributed by atoms with van der Waals surface area (Å²) in [5.41, 5.74) is 0.905. The van der Waals surface area contributed by atoms with Crippen LogP contribution in [0.1, 0.15) is 19.8 Å². The van der Waals surface area contributed by atoms with Gasteiger partial charge in [0, 0.05) is 45.1 Å². The van der Waals surface area contributed by atoms with Crippen LogP contribution in [0.2, 0.25) is 0 Å². The predicted octanol–water partition coefficient (Wildman–Crippen LogP) is 0.741. The molecule has 142 valence electrons. The lowest BCUT2D eigenvalue weighted by Crippen LogP contribution is -2.48. The number of likely N-dealkylation sites (tertiary alicyclic amines) is 2. The third-order valence-electron chi connectivity index (χ3n) is 5.53. The number of alkyl halides is 1. The lowest BCUT2D eigenvalue weighted by molar-refractivity contribution is -0.130. The van der Waals surface area contributed by atoms with Crippen LogP contribution < -0.4 is 5.32 Å². The quantitative estimate of drug-likeness (QED) is 0.750. The number of hydrogen-bond acceptors (Lipinski definition) is 4. The summed E-state index contributed by atoms with van der Waals surface area (Å²) in [4.78, 5) is 29.2. The van der Waals surface area contributed by atoms with Gasteiger partial charge in [-0.2, -0.15) is 5.26 Å². The smallest absolute Gasteiger partial charge is 0.319 e. The van der Waals surface area contributed by atoms with Crippen LogP contribution in [0.5, 0.6) is 0 Å². The van der Waals surface area contributed by atoms with Crippen molar-refractivity contribution in [1.29, 1.82) is 5.26 Å². The van der Waals surface area contributed by atoms with Crippen molar-refractivity contribution in [1.82, 2.24) is 20.0 Å². The van der Waals surface area contributed by atoms with Crippen molar-refractivity contribution >= 4 is 11.9 Å². The molecular weight excluding hydrogens is 337 g/mol. The predicted molar refractivity (Wildman–Crippen MR) is 93.9 cm³/mol. The fourth-order valence-corrected chi connectivity index (χ4v) is 4.25. The summed E-state index contributed by atoms with van der Waals surface area (Å²) < 4.78 is 13.5. The van der Waals surface area contributed by atoms with Crippen molar-refractivity contribution in [3.8, 4) is 6.07 Å². The van der Waals surface area contributed by atoms with Gasteiger partial charge in [-0.1, -0.05) is 6.08 Å². The van der Waals surface area contributed by atoms with Crippen LogP contribution in [0.25, 0.3) is 0 Å². The standard InChI is InChI=1S/C18H26FN5O2/c1-18(21-8-16(25)24-11-14(19)4-15(24)7-20)5-12-9-23(10-13(12)6-18)17(26)22(2)3/h5,13-15,21H,4,6,8-11H2,1-3H3/t13?,14-,15-,18?/m0/s1. The van der Waals surface area contributed by atoms with Gasteiger partial charge in [0.05, 0.1) is 19.2 Å². The molecule has 0 saturated carbocycles. The summed E-state index contributed by atoms with van der Waals surface area (Å²) in [6.45, 7) is 3.44. The SMILES string of the molecule is CN(C)C(=O)N1CC2=CC(C)(NCC(=O)N3C[C@@H](F)C[C@H]3C#N)CC2C1. The van der Waals surface area contributed by atoms with Gasteiger partial charge in [-0.05, 0) is 18.9 Å². The average Bonchev–Trinajstić information content (AvgIpc) is 3.22. The molecule has 0 aromatic carbocycles. The highest BCUT2D eigenvalue weighted by molar-refractivity contribution is 5.79. The van der Waals surface area contributed by atoms with E-state index in [2.05, 4.69) is 11.4 Å². The number of amides is 3. The van der Waals surface area contributed by atoms with Crippen molar-refractivity contribution in [3.05, 3.63) is 11.6 Å². The highest BCUT2D eigenvalue weighted by Crippen LogP contribution is 2.38. The van der Waals surface area contributed by atoms with Crippen LogP contribution in [0.4, 0.5) is 9.18 Å². The number of fused-ring (bicyclic) bond motifs is 1. The molecule has 1 aliphatic carbocycles. The molecular formula is C18H26FN5O2. The number of rotatable bonds is 3. The van der Waals surface area contributed by atoms with Gasteiger partial charge in [-0.15, -0.1) is 0 Å². The maximum atomic E-state index is 13.5. The zero-order valence-electron chi connectivity index (χ0n) is 15.5. The number of carbonyl (C=O) groups excluding carboxylic acids is 2. The molecule has 1 N–H and O–H groups in total. The molecule has 3 amide bonds. The maximum Gasteiger partial charge on any atom is 0.319 e. The summed E-state index contributed by atoms with van der Waals surface area (Å²) >= 11 is 0. The summed E-state index contributed by atoms with van der Waals surface area (Å²) in [7, 11) is 3.49. The van der Waals surface area contributed by atoms with E-state index in [1.807, 2.05) is 17.9 Å². The Bertz CT molecular complexity index is 673. The third kappa shape index (κ3) is 3.54. The van der Waals surface area contributed by atoms with Gasteiger partial charge in [0.2, 0.25) is 5.91 Å². The molecule has 0 radical (unpaired) electrons. The number of carbonyl (C=O) groups is 2. The van der Waals surface area contributed by atoms with E-state index < -0.39 is 12.2 Å². The number of halogens is 1. The Morgan fingerprint density at radius 3 is 2.81 bits per heavy atom. The van der Waals surface area contributed by atoms with E-state index in [1.165, 1.54) is 10.5 Å². The molecule has 2 saturated heterocycles. The van der Waals surface area contributed by atoms with Crippen molar-refractivity contribution < 1.29 is 14.0 Å². The van der Waals surface area contributed by atoms with Crippen LogP contribution in [-0.4, -0.2) is 84.7 Å². The lowest BCUT2D eigenvalue weighted by Gasteiger charge is -2.28. The van der Waals surface area contributed by atoms with E-state index in [-0.39, 0.29) is 37.0 Å². The lowest BCUT2D eigenvalue weighted by atomic mass is 9.97. The molecule has 2 unspecified atom stereocenters. The Morgan fingerprint density at radius 1 is 1.46 bits per heavy atom. The Labute approximate surface area is 153 Å². The van der Waals surface area contributed by atoms with E-state index in [9.17, 15) is 14.0 Å². The minimum atomic E-state index is -1.12. The molecule has 0 bridgehead atoms. The maximum absolute atomic E-state index is 13.5. The Hall–Kier alpha value is -2.14. The van der Waals surface area contributed by atoms with Crippen LogP contribution in [-0.2, 0) is 4.79 Å². The average molecular weight is 363 g/mol. The Morgan fingerprint density at radius 2 is 2.19 bits per heavy atom. The summed E-state index contributed by atoms with van der Waals surface area (Å²) in [6.07, 6.45) is 1.92. The van der Waals surface area contributed by atoms with E-state index in [0.717, 1.165) is 6.42 Å². The highest BCUT2D eigenvalue weighted by atomic mass is 19.1. The summed E-state index contributed by atoms with van der Waals surface area (Å²) in [5.74, 6) is 0.0677. The molecule has 0 aromatic rings. The molecule has 8 heteroatoms. The van der Waals surface area contributed by atoms with Crippen LogP contribution in [0.3, 0.4) is 0 Å². The van der Waals surface area contributed by atoms with Crippen LogP contribution >= 0.6 is 0 Å². The monoisotopic (exact) mass is 363 g/mol. The molecule has 0 spiro atoms. The third-order valence-corrected chi connectivity index (χ3v) is 5.53. The van der Waals surface area contributed by atoms with Gasteiger partial charge < -0.3 is 14.7 Å². The molecule has 4 atom stereocenters. The fourth-order valence-electron chi connectivity index (χ4n) is 4.25. The molecule has 26 heavy (non-hydrogen) atoms. The molecule has 2 heterocycles. The zero-order valence-corrected chi connectivity index (χ0v) is 15.5. The first-order chi connectivity index (χ1) is 12.2. The van der Waals surface area contributed by atoms with Gasteiger partial charge in [0.15, 0.2) is 0 Å². The van der Waals surface area contributed by atoms with Crippen LogP contribution in [0.15, 0.2) is 11.6 Å². The second-order valence-electron chi connectivity index (χ2n) is 7.97. The zero-order chi connectivity index (χ0) is 19.1. The second kappa shape index (κ2) is 6.88. The van der Waals surface area contributed by atoms with Gasteiger partial charge in [-0.25, -0.2) is 9.18 Å². The Balaban J connectivity index is 1.56. The molecule has 3 aliphatic rings. The number of nitrogens with one attached hydrogen (secondary N) is 1. The van der Waals surface area contributed by atoms with Gasteiger partial charge in [-0.3, -0.25) is 10.1 Å². The normalized spacial score (nSPS) is 33.0. The summed E-state index contributed by atoms with van der Waals surface area (Å²) in [6, 6.07) is 1.35. The largest absolute Gasteiger partial charge is 0.331 e. The molecule has 7 nitrogen and oxygen atoms in total. The minimum absolute atomic E-state index is 0.000769. The minimum Gasteiger partial charge on any atom is -0.331 e. The molecule has 2 fully saturated rings. The van der Waals surface area contributed by atoms with Crippen molar-refractivity contribution in [2.75, 3.05) is 40.3 Å². The van der Waals surface area contributed by atoms with Crippen molar-refractivity contribution in [3.63, 3.8) is 0 Å². The second-order valence-corrected chi connectivity index (χ2v) is 7.97. The van der Waals surface area contributed by atoms with Gasteiger partial charge >= 0.3 is 6.03 Å². The first-order valence-electron chi connectivity index (χ1n) is 8.98. The van der Waals surface area contributed by atoms with Gasteiger partial charge in [0.1, 0.15) is 12.2 Å². The van der Waals surface area contributed by atoms with E-state index >= 15 is 0 Å². The number of nitriles is 1. The van der Waals surface area contributed by atoms with E-state index in [1.54, 1.807) is 19.0 Å². The van der Waals surface area contributed by atoms with Crippen LogP contribution in [0, 0.1) is 17.2 Å². The molecule has 3 rings (SSSR count). The van der Waals surface area contributed by atoms with Gasteiger partial charge in [0.25, 0.3) is 0 Å². The fraction of sp³-hybridized carbons (Fsp3) is 0.722. The first-order valence-corrected chi connectivity index (χ1v) is 8.98. The Kier molecular flexibility index (Phi) is 4.93. The summed E-state index contributed by atoms with van der Waals surface area (Å²) in [5, 5.41) is 12.4. The number of hydrogen-bond donors (Lipinski definition) is 1. The van der Waals surface area contributed by atoms with Crippen molar-refractivity contribution in [2.45, 2.75) is 37.5 Å². The van der Waals surface area contributed by atoms with E-state index in [4.69, 9.17) is 5.26 Å². The topological polar surface area (TPSA) is 79.7 Å². The first kappa shape index (κ1) is 18.6. The highest BCUT2D eigenvalue weighted by Gasteiger charge is 2.42. The molecule has 0 aromatic heterocycles. The molecule has 2 aliphatic heterocycles. The number of urea groups is 1. The number of nitrogens with zero attached hydrogens (tertiary/aromatic N) is 4.